The Labute approximate surface area is 121 Å². The van der Waals surface area contributed by atoms with E-state index in [2.05, 4.69) is 9.36 Å². The number of benzene rings is 1. The van der Waals surface area contributed by atoms with Crippen LogP contribution in [0.3, 0.4) is 0 Å². The molecule has 0 saturated carbocycles. The first kappa shape index (κ1) is 12.9. The second-order valence-electron chi connectivity index (χ2n) is 4.64. The number of rotatable bonds is 4. The highest BCUT2D eigenvalue weighted by atomic mass is 32.1. The predicted octanol–water partition coefficient (Wildman–Crippen LogP) is 3.74. The molecular formula is C15H15N3OS. The normalized spacial score (nSPS) is 10.7. The Morgan fingerprint density at radius 2 is 1.95 bits per heavy atom. The zero-order valence-corrected chi connectivity index (χ0v) is 12.2. The van der Waals surface area contributed by atoms with Crippen LogP contribution in [-0.2, 0) is 6.54 Å². The summed E-state index contributed by atoms with van der Waals surface area (Å²) in [6.45, 7) is 2.64. The summed E-state index contributed by atoms with van der Waals surface area (Å²) in [6.07, 6.45) is 0. The number of nitrogens with zero attached hydrogens (tertiary/aromatic N) is 3. The number of aryl methyl sites for hydroxylation is 1. The van der Waals surface area contributed by atoms with Crippen LogP contribution in [0.4, 0.5) is 5.13 Å². The van der Waals surface area contributed by atoms with E-state index in [1.54, 1.807) is 0 Å². The van der Waals surface area contributed by atoms with E-state index in [9.17, 15) is 0 Å². The first-order valence-electron chi connectivity index (χ1n) is 6.38. The van der Waals surface area contributed by atoms with Crippen molar-refractivity contribution in [3.8, 4) is 11.4 Å². The Morgan fingerprint density at radius 1 is 1.15 bits per heavy atom. The van der Waals surface area contributed by atoms with Gasteiger partial charge in [0.1, 0.15) is 11.5 Å². The minimum Gasteiger partial charge on any atom is -0.464 e. The van der Waals surface area contributed by atoms with E-state index in [4.69, 9.17) is 4.42 Å². The molecule has 0 saturated heterocycles. The number of hydrogen-bond donors (Lipinski definition) is 0. The third-order valence-electron chi connectivity index (χ3n) is 2.96. The molecule has 0 N–H and O–H groups in total. The molecule has 0 aliphatic heterocycles. The van der Waals surface area contributed by atoms with E-state index >= 15 is 0 Å². The van der Waals surface area contributed by atoms with Crippen molar-refractivity contribution in [2.24, 2.45) is 0 Å². The van der Waals surface area contributed by atoms with Gasteiger partial charge >= 0.3 is 0 Å². The van der Waals surface area contributed by atoms with Gasteiger partial charge in [0, 0.05) is 24.1 Å². The summed E-state index contributed by atoms with van der Waals surface area (Å²) < 4.78 is 9.99. The minimum atomic E-state index is 0.692. The smallest absolute Gasteiger partial charge is 0.205 e. The molecule has 0 aliphatic carbocycles. The van der Waals surface area contributed by atoms with Crippen molar-refractivity contribution in [1.82, 2.24) is 9.36 Å². The largest absolute Gasteiger partial charge is 0.464 e. The van der Waals surface area contributed by atoms with Crippen LogP contribution in [0.1, 0.15) is 11.5 Å². The van der Waals surface area contributed by atoms with Gasteiger partial charge < -0.3 is 9.32 Å². The molecule has 0 bridgehead atoms. The Balaban J connectivity index is 1.76. The molecule has 3 rings (SSSR count). The second-order valence-corrected chi connectivity index (χ2v) is 5.37. The standard InChI is InChI=1S/C15H15N3OS/c1-11-8-9-13(19-11)10-18(2)15-16-14(17-20-15)12-6-4-3-5-7-12/h3-9H,10H2,1-2H3. The Morgan fingerprint density at radius 3 is 2.65 bits per heavy atom. The summed E-state index contributed by atoms with van der Waals surface area (Å²) in [4.78, 5) is 6.62. The van der Waals surface area contributed by atoms with Crippen LogP contribution in [0.25, 0.3) is 11.4 Å². The molecule has 5 heteroatoms. The van der Waals surface area contributed by atoms with E-state index in [1.807, 2.05) is 61.3 Å². The van der Waals surface area contributed by atoms with Crippen molar-refractivity contribution in [2.75, 3.05) is 11.9 Å². The molecule has 3 aromatic rings. The average Bonchev–Trinajstić information content (AvgIpc) is 3.09. The lowest BCUT2D eigenvalue weighted by Gasteiger charge is -2.12. The first-order chi connectivity index (χ1) is 9.72. The molecule has 0 unspecified atom stereocenters. The molecule has 0 amide bonds. The van der Waals surface area contributed by atoms with E-state index in [0.717, 1.165) is 28.0 Å². The first-order valence-corrected chi connectivity index (χ1v) is 7.15. The molecule has 0 atom stereocenters. The van der Waals surface area contributed by atoms with Gasteiger partial charge in [-0.1, -0.05) is 30.3 Å². The SMILES string of the molecule is Cc1ccc(CN(C)c2nc(-c3ccccc3)ns2)o1. The van der Waals surface area contributed by atoms with Gasteiger partial charge in [0.25, 0.3) is 0 Å². The van der Waals surface area contributed by atoms with Crippen LogP contribution in [0.15, 0.2) is 46.9 Å². The molecule has 1 aromatic carbocycles. The quantitative estimate of drug-likeness (QED) is 0.732. The summed E-state index contributed by atoms with van der Waals surface area (Å²) >= 11 is 1.40. The Hall–Kier alpha value is -2.14. The van der Waals surface area contributed by atoms with Gasteiger partial charge in [0.15, 0.2) is 5.82 Å². The highest BCUT2D eigenvalue weighted by Crippen LogP contribution is 2.24. The highest BCUT2D eigenvalue weighted by Gasteiger charge is 2.11. The summed E-state index contributed by atoms with van der Waals surface area (Å²) in [5.41, 5.74) is 1.04. The molecule has 20 heavy (non-hydrogen) atoms. The topological polar surface area (TPSA) is 42.2 Å². The lowest BCUT2D eigenvalue weighted by molar-refractivity contribution is 0.481. The molecular weight excluding hydrogens is 270 g/mol. The maximum absolute atomic E-state index is 5.58. The van der Waals surface area contributed by atoms with Crippen molar-refractivity contribution in [1.29, 1.82) is 0 Å². The van der Waals surface area contributed by atoms with Crippen LogP contribution in [0, 0.1) is 6.92 Å². The summed E-state index contributed by atoms with van der Waals surface area (Å²) in [5, 5.41) is 0.887. The van der Waals surface area contributed by atoms with Crippen molar-refractivity contribution >= 4 is 16.7 Å². The van der Waals surface area contributed by atoms with Crippen molar-refractivity contribution in [3.05, 3.63) is 54.0 Å². The third-order valence-corrected chi connectivity index (χ3v) is 3.79. The second kappa shape index (κ2) is 5.46. The van der Waals surface area contributed by atoms with Crippen LogP contribution < -0.4 is 4.90 Å². The van der Waals surface area contributed by atoms with Gasteiger partial charge in [0.2, 0.25) is 5.13 Å². The summed E-state index contributed by atoms with van der Waals surface area (Å²) in [6, 6.07) is 14.0. The fraction of sp³-hybridized carbons (Fsp3) is 0.200. The maximum Gasteiger partial charge on any atom is 0.205 e. The van der Waals surface area contributed by atoms with Crippen LogP contribution in [-0.4, -0.2) is 16.4 Å². The summed E-state index contributed by atoms with van der Waals surface area (Å²) in [5.74, 6) is 2.63. The Kier molecular flexibility index (Phi) is 3.52. The van der Waals surface area contributed by atoms with Gasteiger partial charge in [-0.05, 0) is 19.1 Å². The zero-order valence-electron chi connectivity index (χ0n) is 11.4. The lowest BCUT2D eigenvalue weighted by atomic mass is 10.2. The Bertz CT molecular complexity index is 690. The van der Waals surface area contributed by atoms with E-state index < -0.39 is 0 Å². The molecule has 0 fully saturated rings. The average molecular weight is 285 g/mol. The number of hydrogen-bond acceptors (Lipinski definition) is 5. The van der Waals surface area contributed by atoms with E-state index in [-0.39, 0.29) is 0 Å². The fourth-order valence-electron chi connectivity index (χ4n) is 1.95. The van der Waals surface area contributed by atoms with Gasteiger partial charge in [-0.15, -0.1) is 0 Å². The molecule has 0 spiro atoms. The summed E-state index contributed by atoms with van der Waals surface area (Å²) in [7, 11) is 1.99. The fourth-order valence-corrected chi connectivity index (χ4v) is 2.59. The van der Waals surface area contributed by atoms with Gasteiger partial charge in [0.05, 0.1) is 6.54 Å². The molecule has 102 valence electrons. The van der Waals surface area contributed by atoms with Crippen LogP contribution in [0.5, 0.6) is 0 Å². The van der Waals surface area contributed by atoms with Gasteiger partial charge in [-0.2, -0.15) is 9.36 Å². The van der Waals surface area contributed by atoms with Crippen LogP contribution in [0.2, 0.25) is 0 Å². The molecule has 2 aromatic heterocycles. The molecule has 0 aliphatic rings. The maximum atomic E-state index is 5.58. The van der Waals surface area contributed by atoms with Gasteiger partial charge in [-0.25, -0.2) is 0 Å². The minimum absolute atomic E-state index is 0.692. The highest BCUT2D eigenvalue weighted by molar-refractivity contribution is 7.09. The van der Waals surface area contributed by atoms with Crippen molar-refractivity contribution in [3.63, 3.8) is 0 Å². The van der Waals surface area contributed by atoms with Crippen LogP contribution >= 0.6 is 11.5 Å². The zero-order chi connectivity index (χ0) is 13.9. The predicted molar refractivity (Wildman–Crippen MR) is 80.9 cm³/mol. The molecule has 4 nitrogen and oxygen atoms in total. The monoisotopic (exact) mass is 285 g/mol. The third kappa shape index (κ3) is 2.72. The van der Waals surface area contributed by atoms with Crippen molar-refractivity contribution in [2.45, 2.75) is 13.5 Å². The molecule has 2 heterocycles. The van der Waals surface area contributed by atoms with Gasteiger partial charge in [-0.3, -0.25) is 0 Å². The molecule has 0 radical (unpaired) electrons. The number of furan rings is 1. The lowest BCUT2D eigenvalue weighted by Crippen LogP contribution is -2.15. The number of anilines is 1. The van der Waals surface area contributed by atoms with E-state index in [0.29, 0.717) is 6.54 Å². The number of aromatic nitrogens is 2. The van der Waals surface area contributed by atoms with E-state index in [1.165, 1.54) is 11.5 Å². The van der Waals surface area contributed by atoms with Crippen molar-refractivity contribution < 1.29 is 4.42 Å².